The summed E-state index contributed by atoms with van der Waals surface area (Å²) in [6.07, 6.45) is 3.22. The molecule has 1 atom stereocenters. The summed E-state index contributed by atoms with van der Waals surface area (Å²) in [5, 5.41) is 3.15. The lowest BCUT2D eigenvalue weighted by Crippen LogP contribution is -2.34. The Morgan fingerprint density at radius 3 is 2.85 bits per heavy atom. The van der Waals surface area contributed by atoms with Gasteiger partial charge in [-0.15, -0.1) is 0 Å². The van der Waals surface area contributed by atoms with Crippen molar-refractivity contribution in [2.45, 2.75) is 19.9 Å². The summed E-state index contributed by atoms with van der Waals surface area (Å²) in [5.41, 5.74) is 5.86. The van der Waals surface area contributed by atoms with Gasteiger partial charge in [0.05, 0.1) is 0 Å². The largest absolute Gasteiger partial charge is 0.368 e. The SMILES string of the molecule is CC(C)C(N)CNc1ccncn1. The minimum absolute atomic E-state index is 0.162. The fourth-order valence-electron chi connectivity index (χ4n) is 0.853. The Kier molecular flexibility index (Phi) is 3.64. The molecule has 0 saturated carbocycles. The van der Waals surface area contributed by atoms with E-state index in [-0.39, 0.29) is 6.04 Å². The van der Waals surface area contributed by atoms with E-state index in [1.807, 2.05) is 6.07 Å². The fourth-order valence-corrected chi connectivity index (χ4v) is 0.853. The van der Waals surface area contributed by atoms with Gasteiger partial charge in [0.25, 0.3) is 0 Å². The first-order valence-corrected chi connectivity index (χ1v) is 4.45. The van der Waals surface area contributed by atoms with Crippen LogP contribution in [0, 0.1) is 5.92 Å². The van der Waals surface area contributed by atoms with E-state index >= 15 is 0 Å². The first-order valence-electron chi connectivity index (χ1n) is 4.45. The maximum atomic E-state index is 5.86. The number of hydrogen-bond donors (Lipinski definition) is 2. The van der Waals surface area contributed by atoms with Gasteiger partial charge in [-0.25, -0.2) is 9.97 Å². The zero-order valence-corrected chi connectivity index (χ0v) is 8.07. The van der Waals surface area contributed by atoms with Crippen LogP contribution in [-0.4, -0.2) is 22.6 Å². The smallest absolute Gasteiger partial charge is 0.129 e. The minimum atomic E-state index is 0.162. The van der Waals surface area contributed by atoms with Crippen molar-refractivity contribution in [1.29, 1.82) is 0 Å². The molecule has 72 valence electrons. The highest BCUT2D eigenvalue weighted by atomic mass is 15.0. The van der Waals surface area contributed by atoms with Crippen LogP contribution in [0.2, 0.25) is 0 Å². The third kappa shape index (κ3) is 3.38. The van der Waals surface area contributed by atoms with Gasteiger partial charge in [-0.2, -0.15) is 0 Å². The van der Waals surface area contributed by atoms with E-state index in [1.165, 1.54) is 6.33 Å². The molecule has 1 rings (SSSR count). The van der Waals surface area contributed by atoms with Crippen LogP contribution in [0.15, 0.2) is 18.6 Å². The van der Waals surface area contributed by atoms with Gasteiger partial charge in [0, 0.05) is 18.8 Å². The van der Waals surface area contributed by atoms with Gasteiger partial charge in [-0.05, 0) is 12.0 Å². The lowest BCUT2D eigenvalue weighted by atomic mass is 10.1. The molecule has 4 heteroatoms. The predicted octanol–water partition coefficient (Wildman–Crippen LogP) is 0.872. The minimum Gasteiger partial charge on any atom is -0.368 e. The van der Waals surface area contributed by atoms with Gasteiger partial charge < -0.3 is 11.1 Å². The summed E-state index contributed by atoms with van der Waals surface area (Å²) in [5.74, 6) is 1.31. The van der Waals surface area contributed by atoms with E-state index in [0.717, 1.165) is 12.4 Å². The van der Waals surface area contributed by atoms with E-state index < -0.39 is 0 Å². The molecule has 4 nitrogen and oxygen atoms in total. The first-order chi connectivity index (χ1) is 6.20. The monoisotopic (exact) mass is 180 g/mol. The number of aromatic nitrogens is 2. The third-order valence-corrected chi connectivity index (χ3v) is 1.96. The van der Waals surface area contributed by atoms with Crippen molar-refractivity contribution < 1.29 is 0 Å². The zero-order chi connectivity index (χ0) is 9.68. The molecule has 0 aliphatic carbocycles. The zero-order valence-electron chi connectivity index (χ0n) is 8.07. The third-order valence-electron chi connectivity index (χ3n) is 1.96. The van der Waals surface area contributed by atoms with Gasteiger partial charge in [-0.3, -0.25) is 0 Å². The molecule has 1 aromatic heterocycles. The summed E-state index contributed by atoms with van der Waals surface area (Å²) in [6.45, 7) is 4.95. The lowest BCUT2D eigenvalue weighted by molar-refractivity contribution is 0.511. The van der Waals surface area contributed by atoms with Crippen LogP contribution in [0.1, 0.15) is 13.8 Å². The predicted molar refractivity (Wildman–Crippen MR) is 53.3 cm³/mol. The quantitative estimate of drug-likeness (QED) is 0.721. The standard InChI is InChI=1S/C9H16N4/c1-7(2)8(10)5-12-9-3-4-11-6-13-9/h3-4,6-8H,5,10H2,1-2H3,(H,11,12,13). The Morgan fingerprint density at radius 2 is 2.31 bits per heavy atom. The Hall–Kier alpha value is -1.16. The molecular formula is C9H16N4. The van der Waals surface area contributed by atoms with Crippen LogP contribution in [0.4, 0.5) is 5.82 Å². The molecule has 1 unspecified atom stereocenters. The second-order valence-electron chi connectivity index (χ2n) is 3.38. The summed E-state index contributed by atoms with van der Waals surface area (Å²) in [7, 11) is 0. The van der Waals surface area contributed by atoms with Crippen LogP contribution in [0.3, 0.4) is 0 Å². The van der Waals surface area contributed by atoms with Crippen molar-refractivity contribution in [1.82, 2.24) is 9.97 Å². The van der Waals surface area contributed by atoms with Gasteiger partial charge in [-0.1, -0.05) is 13.8 Å². The molecule has 0 bridgehead atoms. The number of rotatable bonds is 4. The van der Waals surface area contributed by atoms with E-state index in [4.69, 9.17) is 5.73 Å². The summed E-state index contributed by atoms with van der Waals surface area (Å²) in [6, 6.07) is 1.99. The normalized spacial score (nSPS) is 12.9. The van der Waals surface area contributed by atoms with Crippen LogP contribution in [0.5, 0.6) is 0 Å². The number of anilines is 1. The summed E-state index contributed by atoms with van der Waals surface area (Å²) in [4.78, 5) is 7.86. The molecule has 0 amide bonds. The second kappa shape index (κ2) is 4.77. The van der Waals surface area contributed by atoms with Crippen molar-refractivity contribution >= 4 is 5.82 Å². The molecule has 0 fully saturated rings. The van der Waals surface area contributed by atoms with Crippen molar-refractivity contribution in [2.24, 2.45) is 11.7 Å². The average molecular weight is 180 g/mol. The first kappa shape index (κ1) is 9.92. The molecule has 0 aliphatic rings. The molecule has 13 heavy (non-hydrogen) atoms. The summed E-state index contributed by atoms with van der Waals surface area (Å²) >= 11 is 0. The fraction of sp³-hybridized carbons (Fsp3) is 0.556. The molecule has 1 heterocycles. The van der Waals surface area contributed by atoms with E-state index in [1.54, 1.807) is 6.20 Å². The molecule has 3 N–H and O–H groups in total. The van der Waals surface area contributed by atoms with Gasteiger partial charge >= 0.3 is 0 Å². The maximum Gasteiger partial charge on any atom is 0.129 e. The molecule has 1 aromatic rings. The summed E-state index contributed by atoms with van der Waals surface area (Å²) < 4.78 is 0. The van der Waals surface area contributed by atoms with Crippen LogP contribution < -0.4 is 11.1 Å². The van der Waals surface area contributed by atoms with E-state index in [2.05, 4.69) is 29.1 Å². The van der Waals surface area contributed by atoms with Gasteiger partial charge in [0.1, 0.15) is 12.1 Å². The number of nitrogens with two attached hydrogens (primary N) is 1. The van der Waals surface area contributed by atoms with Crippen molar-refractivity contribution in [3.05, 3.63) is 18.6 Å². The average Bonchev–Trinajstić information content (AvgIpc) is 2.15. The van der Waals surface area contributed by atoms with Crippen LogP contribution in [0.25, 0.3) is 0 Å². The lowest BCUT2D eigenvalue weighted by Gasteiger charge is -2.16. The van der Waals surface area contributed by atoms with Crippen molar-refractivity contribution in [3.8, 4) is 0 Å². The van der Waals surface area contributed by atoms with Gasteiger partial charge in [0.15, 0.2) is 0 Å². The Labute approximate surface area is 78.6 Å². The van der Waals surface area contributed by atoms with Crippen molar-refractivity contribution in [3.63, 3.8) is 0 Å². The van der Waals surface area contributed by atoms with Gasteiger partial charge in [0.2, 0.25) is 0 Å². The molecular weight excluding hydrogens is 164 g/mol. The second-order valence-corrected chi connectivity index (χ2v) is 3.38. The highest BCUT2D eigenvalue weighted by Gasteiger charge is 2.06. The highest BCUT2D eigenvalue weighted by molar-refractivity contribution is 5.31. The molecule has 0 aliphatic heterocycles. The molecule has 0 aromatic carbocycles. The number of hydrogen-bond acceptors (Lipinski definition) is 4. The molecule has 0 spiro atoms. The van der Waals surface area contributed by atoms with Crippen LogP contribution in [-0.2, 0) is 0 Å². The highest BCUT2D eigenvalue weighted by Crippen LogP contribution is 2.01. The Balaban J connectivity index is 2.35. The molecule has 0 saturated heterocycles. The number of nitrogens with one attached hydrogen (secondary N) is 1. The van der Waals surface area contributed by atoms with Crippen LogP contribution >= 0.6 is 0 Å². The maximum absolute atomic E-state index is 5.86. The number of nitrogens with zero attached hydrogens (tertiary/aromatic N) is 2. The van der Waals surface area contributed by atoms with Crippen molar-refractivity contribution in [2.75, 3.05) is 11.9 Å². The van der Waals surface area contributed by atoms with E-state index in [9.17, 15) is 0 Å². The Morgan fingerprint density at radius 1 is 1.54 bits per heavy atom. The Bertz CT molecular complexity index is 235. The molecule has 0 radical (unpaired) electrons. The topological polar surface area (TPSA) is 63.8 Å². The van der Waals surface area contributed by atoms with E-state index in [0.29, 0.717) is 5.92 Å².